The van der Waals surface area contributed by atoms with E-state index < -0.39 is 0 Å². The molecule has 0 unspecified atom stereocenters. The van der Waals surface area contributed by atoms with Crippen LogP contribution in [0, 0.1) is 16.7 Å². The molecule has 1 heterocycles. The number of aryl methyl sites for hydroxylation is 2. The fraction of sp³-hybridized carbons (Fsp3) is 0.833. The number of nitrogens with one attached hydrogen (secondary N) is 1. The van der Waals surface area contributed by atoms with Crippen LogP contribution >= 0.6 is 0 Å². The highest BCUT2D eigenvalue weighted by molar-refractivity contribution is 4.96. The fourth-order valence-electron chi connectivity index (χ4n) is 4.00. The molecule has 1 fully saturated rings. The summed E-state index contributed by atoms with van der Waals surface area (Å²) in [4.78, 5) is 4.49. The van der Waals surface area contributed by atoms with E-state index in [0.29, 0.717) is 10.8 Å². The molecule has 1 aromatic rings. The summed E-state index contributed by atoms with van der Waals surface area (Å²) in [5.74, 6) is 2.11. The van der Waals surface area contributed by atoms with Crippen LogP contribution in [-0.4, -0.2) is 23.1 Å². The Hall–Kier alpha value is -0.830. The SMILES string of the molecule is CNCC1(CCc2nccn2C)CCC(C(C)(C)C)CC1. The lowest BCUT2D eigenvalue weighted by Crippen LogP contribution is -2.39. The van der Waals surface area contributed by atoms with Crippen molar-refractivity contribution in [1.82, 2.24) is 14.9 Å². The summed E-state index contributed by atoms with van der Waals surface area (Å²) in [6, 6.07) is 0. The largest absolute Gasteiger partial charge is 0.338 e. The first-order valence-corrected chi connectivity index (χ1v) is 8.47. The summed E-state index contributed by atoms with van der Waals surface area (Å²) >= 11 is 0. The molecule has 21 heavy (non-hydrogen) atoms. The third-order valence-electron chi connectivity index (χ3n) is 5.62. The Bertz CT molecular complexity index is 434. The van der Waals surface area contributed by atoms with Crippen LogP contribution in [0.2, 0.25) is 0 Å². The summed E-state index contributed by atoms with van der Waals surface area (Å²) in [6.45, 7) is 8.35. The van der Waals surface area contributed by atoms with E-state index >= 15 is 0 Å². The minimum absolute atomic E-state index is 0.464. The van der Waals surface area contributed by atoms with Crippen LogP contribution in [-0.2, 0) is 13.5 Å². The van der Waals surface area contributed by atoms with Crippen LogP contribution in [0.1, 0.15) is 58.7 Å². The Kier molecular flexibility index (Phi) is 5.13. The highest BCUT2D eigenvalue weighted by Gasteiger charge is 2.38. The third kappa shape index (κ3) is 4.09. The minimum Gasteiger partial charge on any atom is -0.338 e. The van der Waals surface area contributed by atoms with E-state index in [1.54, 1.807) is 0 Å². The second-order valence-corrected chi connectivity index (χ2v) is 8.13. The normalized spacial score (nSPS) is 27.0. The Morgan fingerprint density at radius 1 is 1.33 bits per heavy atom. The second kappa shape index (κ2) is 6.51. The van der Waals surface area contributed by atoms with Crippen LogP contribution in [0.15, 0.2) is 12.4 Å². The first-order valence-electron chi connectivity index (χ1n) is 8.47. The zero-order chi connectivity index (χ0) is 15.5. The van der Waals surface area contributed by atoms with Crippen molar-refractivity contribution in [3.05, 3.63) is 18.2 Å². The summed E-state index contributed by atoms with van der Waals surface area (Å²) in [7, 11) is 4.20. The zero-order valence-electron chi connectivity index (χ0n) is 14.6. The van der Waals surface area contributed by atoms with Crippen molar-refractivity contribution in [1.29, 1.82) is 0 Å². The van der Waals surface area contributed by atoms with Gasteiger partial charge in [-0.1, -0.05) is 20.8 Å². The van der Waals surface area contributed by atoms with Gasteiger partial charge in [-0.15, -0.1) is 0 Å². The van der Waals surface area contributed by atoms with Gasteiger partial charge in [0.1, 0.15) is 5.82 Å². The van der Waals surface area contributed by atoms with E-state index in [4.69, 9.17) is 0 Å². The van der Waals surface area contributed by atoms with E-state index in [0.717, 1.165) is 18.9 Å². The molecular weight excluding hydrogens is 258 g/mol. The van der Waals surface area contributed by atoms with Crippen molar-refractivity contribution >= 4 is 0 Å². The molecular formula is C18H33N3. The maximum Gasteiger partial charge on any atom is 0.108 e. The van der Waals surface area contributed by atoms with E-state index in [2.05, 4.69) is 55.9 Å². The molecule has 1 saturated carbocycles. The number of nitrogens with zero attached hydrogens (tertiary/aromatic N) is 2. The van der Waals surface area contributed by atoms with Crippen LogP contribution in [0.4, 0.5) is 0 Å². The predicted molar refractivity (Wildman–Crippen MR) is 89.3 cm³/mol. The van der Waals surface area contributed by atoms with Crippen LogP contribution < -0.4 is 5.32 Å². The van der Waals surface area contributed by atoms with Gasteiger partial charge in [-0.05, 0) is 55.9 Å². The number of rotatable bonds is 5. The number of aromatic nitrogens is 2. The predicted octanol–water partition coefficient (Wildman–Crippen LogP) is 3.79. The Labute approximate surface area is 130 Å². The summed E-state index contributed by atoms with van der Waals surface area (Å²) in [6.07, 6.45) is 11.8. The van der Waals surface area contributed by atoms with Gasteiger partial charge < -0.3 is 9.88 Å². The van der Waals surface area contributed by atoms with E-state index in [-0.39, 0.29) is 0 Å². The summed E-state index contributed by atoms with van der Waals surface area (Å²) < 4.78 is 2.16. The van der Waals surface area contributed by atoms with E-state index in [1.807, 2.05) is 6.20 Å². The van der Waals surface area contributed by atoms with Gasteiger partial charge >= 0.3 is 0 Å². The molecule has 1 aliphatic carbocycles. The van der Waals surface area contributed by atoms with Gasteiger partial charge in [0, 0.05) is 32.4 Å². The van der Waals surface area contributed by atoms with Crippen LogP contribution in [0.25, 0.3) is 0 Å². The van der Waals surface area contributed by atoms with Gasteiger partial charge in [0.25, 0.3) is 0 Å². The third-order valence-corrected chi connectivity index (χ3v) is 5.62. The molecule has 3 heteroatoms. The fourth-order valence-corrected chi connectivity index (χ4v) is 4.00. The molecule has 0 bridgehead atoms. The van der Waals surface area contributed by atoms with Crippen LogP contribution in [0.3, 0.4) is 0 Å². The van der Waals surface area contributed by atoms with Gasteiger partial charge in [0.2, 0.25) is 0 Å². The Balaban J connectivity index is 1.97. The quantitative estimate of drug-likeness (QED) is 0.894. The molecule has 0 aliphatic heterocycles. The molecule has 1 aromatic heterocycles. The van der Waals surface area contributed by atoms with Gasteiger partial charge in [-0.3, -0.25) is 0 Å². The Morgan fingerprint density at radius 2 is 2.00 bits per heavy atom. The van der Waals surface area contributed by atoms with Gasteiger partial charge in [0.05, 0.1) is 0 Å². The van der Waals surface area contributed by atoms with Gasteiger partial charge in [-0.2, -0.15) is 0 Å². The van der Waals surface area contributed by atoms with E-state index in [9.17, 15) is 0 Å². The van der Waals surface area contributed by atoms with Crippen molar-refractivity contribution in [2.75, 3.05) is 13.6 Å². The molecule has 0 amide bonds. The van der Waals surface area contributed by atoms with E-state index in [1.165, 1.54) is 37.9 Å². The lowest BCUT2D eigenvalue weighted by atomic mass is 9.62. The van der Waals surface area contributed by atoms with Crippen molar-refractivity contribution in [2.45, 2.75) is 59.3 Å². The van der Waals surface area contributed by atoms with Crippen LogP contribution in [0.5, 0.6) is 0 Å². The van der Waals surface area contributed by atoms with Crippen molar-refractivity contribution in [3.63, 3.8) is 0 Å². The molecule has 2 rings (SSSR count). The first kappa shape index (κ1) is 16.5. The number of imidazole rings is 1. The van der Waals surface area contributed by atoms with Crippen molar-refractivity contribution in [3.8, 4) is 0 Å². The molecule has 0 aromatic carbocycles. The monoisotopic (exact) mass is 291 g/mol. The molecule has 120 valence electrons. The molecule has 1 N–H and O–H groups in total. The highest BCUT2D eigenvalue weighted by Crippen LogP contribution is 2.47. The molecule has 0 saturated heterocycles. The minimum atomic E-state index is 0.464. The maximum absolute atomic E-state index is 4.49. The Morgan fingerprint density at radius 3 is 2.48 bits per heavy atom. The van der Waals surface area contributed by atoms with Crippen molar-refractivity contribution < 1.29 is 0 Å². The molecule has 1 aliphatic rings. The smallest absolute Gasteiger partial charge is 0.108 e. The lowest BCUT2D eigenvalue weighted by Gasteiger charge is -2.44. The average Bonchev–Trinajstić information content (AvgIpc) is 2.82. The highest BCUT2D eigenvalue weighted by atomic mass is 15.0. The lowest BCUT2D eigenvalue weighted by molar-refractivity contribution is 0.0808. The average molecular weight is 291 g/mol. The number of hydrogen-bond acceptors (Lipinski definition) is 2. The second-order valence-electron chi connectivity index (χ2n) is 8.13. The van der Waals surface area contributed by atoms with Gasteiger partial charge in [-0.25, -0.2) is 4.98 Å². The maximum atomic E-state index is 4.49. The molecule has 0 spiro atoms. The molecule has 0 atom stereocenters. The topological polar surface area (TPSA) is 29.9 Å². The summed E-state index contributed by atoms with van der Waals surface area (Å²) in [5, 5.41) is 3.45. The first-order chi connectivity index (χ1) is 9.86. The van der Waals surface area contributed by atoms with Gasteiger partial charge in [0.15, 0.2) is 0 Å². The standard InChI is InChI=1S/C18H33N3/c1-17(2,3)15-6-9-18(10-7-15,14-19-4)11-8-16-20-12-13-21(16)5/h12-13,15,19H,6-11,14H2,1-5H3. The molecule has 3 nitrogen and oxygen atoms in total. The zero-order valence-corrected chi connectivity index (χ0v) is 14.6. The summed E-state index contributed by atoms with van der Waals surface area (Å²) in [5.41, 5.74) is 0.938. The molecule has 0 radical (unpaired) electrons. The van der Waals surface area contributed by atoms with Crippen molar-refractivity contribution in [2.24, 2.45) is 23.8 Å². The number of hydrogen-bond donors (Lipinski definition) is 1.